The molecule has 1 amide bonds. The number of Topliss-reactive ketones (excluding diaryl/α,β-unsaturated/α-hetero) is 2. The van der Waals surface area contributed by atoms with Crippen LogP contribution in [0.5, 0.6) is 11.5 Å². The lowest BCUT2D eigenvalue weighted by Gasteiger charge is -2.37. The van der Waals surface area contributed by atoms with Gasteiger partial charge in [0, 0.05) is 105 Å². The number of anilines is 1. The van der Waals surface area contributed by atoms with Crippen LogP contribution >= 0.6 is 0 Å². The van der Waals surface area contributed by atoms with Gasteiger partial charge in [0.05, 0.1) is 47.3 Å². The molecule has 2 aromatic carbocycles. The van der Waals surface area contributed by atoms with E-state index in [1.165, 1.54) is 13.2 Å². The van der Waals surface area contributed by atoms with E-state index < -0.39 is 41.4 Å². The van der Waals surface area contributed by atoms with E-state index in [4.69, 9.17) is 23.9 Å². The van der Waals surface area contributed by atoms with Gasteiger partial charge in [0.1, 0.15) is 23.3 Å². The van der Waals surface area contributed by atoms with E-state index in [1.54, 1.807) is 72.1 Å². The van der Waals surface area contributed by atoms with E-state index in [0.717, 1.165) is 38.4 Å². The first-order valence-corrected chi connectivity index (χ1v) is 23.8. The van der Waals surface area contributed by atoms with E-state index in [2.05, 4.69) is 35.5 Å². The molecule has 0 radical (unpaired) electrons. The maximum atomic E-state index is 15.1. The lowest BCUT2D eigenvalue weighted by molar-refractivity contribution is -0.116. The second-order valence-electron chi connectivity index (χ2n) is 19.7. The third-order valence-electron chi connectivity index (χ3n) is 14.0. The van der Waals surface area contributed by atoms with E-state index >= 15 is 4.79 Å². The maximum Gasteiger partial charge on any atom is 0.312 e. The lowest BCUT2D eigenvalue weighted by atomic mass is 9.76. The number of fused-ring (bicyclic) bond motifs is 6. The predicted octanol–water partition coefficient (Wildman–Crippen LogP) is 7.96. The van der Waals surface area contributed by atoms with Crippen LogP contribution in [0.15, 0.2) is 76.9 Å². The molecule has 8 atom stereocenters. The molecule has 1 fully saturated rings. The Morgan fingerprint density at radius 1 is 0.956 bits per heavy atom. The molecule has 368 valence electrons. The van der Waals surface area contributed by atoms with Crippen LogP contribution in [0.2, 0.25) is 0 Å². The summed E-state index contributed by atoms with van der Waals surface area (Å²) in [7, 11) is 1.56. The van der Waals surface area contributed by atoms with Crippen LogP contribution in [-0.4, -0.2) is 113 Å². The molecule has 1 saturated heterocycles. The molecular weight excluding hydrogens is 865 g/mol. The number of aliphatic imine (C=N–C) groups is 1. The number of carbonyl (C=O) groups excluding carboxylic acids is 3. The third kappa shape index (κ3) is 10.5. The van der Waals surface area contributed by atoms with Crippen molar-refractivity contribution < 1.29 is 48.7 Å². The van der Waals surface area contributed by atoms with Gasteiger partial charge < -0.3 is 44.5 Å². The second kappa shape index (κ2) is 21.0. The Balaban J connectivity index is 1.36. The Hall–Kier alpha value is -5.54. The van der Waals surface area contributed by atoms with Gasteiger partial charge in [-0.25, -0.2) is 4.99 Å². The average Bonchev–Trinajstić information content (AvgIpc) is 3.55. The van der Waals surface area contributed by atoms with Gasteiger partial charge >= 0.3 is 5.79 Å². The second-order valence-corrected chi connectivity index (χ2v) is 19.7. The van der Waals surface area contributed by atoms with Gasteiger partial charge in [0.2, 0.25) is 5.78 Å². The molecule has 14 heteroatoms. The number of allylic oxidation sites excluding steroid dienone is 5. The van der Waals surface area contributed by atoms with Crippen LogP contribution in [0.3, 0.4) is 0 Å². The monoisotopic (exact) mass is 937 g/mol. The Kier molecular flexibility index (Phi) is 16.0. The number of ether oxygens (including phenoxy) is 4. The number of nitrogens with zero attached hydrogens (tertiary/aromatic N) is 3. The van der Waals surface area contributed by atoms with Gasteiger partial charge in [-0.1, -0.05) is 59.4 Å². The average molecular weight is 937 g/mol. The molecule has 6 rings (SSSR count). The molecule has 1 aliphatic carbocycles. The van der Waals surface area contributed by atoms with Crippen molar-refractivity contribution in [1.29, 1.82) is 0 Å². The predicted molar refractivity (Wildman–Crippen MR) is 265 cm³/mol. The summed E-state index contributed by atoms with van der Waals surface area (Å²) in [5, 5.41) is 37.0. The minimum atomic E-state index is -1.78. The van der Waals surface area contributed by atoms with Crippen molar-refractivity contribution in [2.24, 2.45) is 28.7 Å². The van der Waals surface area contributed by atoms with Gasteiger partial charge in [-0.15, -0.1) is 0 Å². The van der Waals surface area contributed by atoms with Gasteiger partial charge in [0.25, 0.3) is 11.7 Å². The van der Waals surface area contributed by atoms with Crippen LogP contribution < -0.4 is 15.0 Å². The SMILES string of the molecule is C=C(C)O[C@H](C)[C@H](C)[C@H](O)[C@H](C)[C@@H](O)[C@@H](C)/C=C/C=C(/C)C(=O)NC1=C2Cc3cc(N4CCN(CC(C)C)CC4)cc(O)c3N=C2c2c(c(C)c(C)c3c2C(=O)[C@@](C)(O/C=C/C(C)OC)O3)C1=O. The molecule has 68 heavy (non-hydrogen) atoms. The van der Waals surface area contributed by atoms with Gasteiger partial charge in [-0.05, 0) is 76.3 Å². The van der Waals surface area contributed by atoms with E-state index in [1.807, 2.05) is 33.8 Å². The van der Waals surface area contributed by atoms with E-state index in [0.29, 0.717) is 39.6 Å². The Morgan fingerprint density at radius 2 is 1.63 bits per heavy atom. The summed E-state index contributed by atoms with van der Waals surface area (Å²) in [6.07, 6.45) is 5.83. The normalized spacial score (nSPS) is 21.6. The molecule has 3 heterocycles. The van der Waals surface area contributed by atoms with Crippen molar-refractivity contribution in [3.8, 4) is 11.5 Å². The number of piperazine rings is 1. The Labute approximate surface area is 402 Å². The standard InChI is InChI=1S/C54H72N4O10/c1-28(2)27-57-19-21-58(22-20-57)39-24-38-25-40-46(55-45(38)41(59)26-39)43-42(33(8)34(9)51-44(43)52(63)54(13,68-51)66-23-18-32(7)65-14)50(62)47(40)56-53(64)31(6)17-15-16-30(5)48(60)36(11)49(61)35(10)37(12)67-29(3)4/h15-18,23-24,26,28,30,32,35-37,48-49,59-61H,3,19-22,25,27H2,1-2,4-14H3,(H,56,64)/b16-15+,23-18+,31-17-/t30-,32?,35-,36+,37+,48-,49-,54-/m0/s1. The number of rotatable bonds is 18. The summed E-state index contributed by atoms with van der Waals surface area (Å²) in [4.78, 5) is 53.6. The van der Waals surface area contributed by atoms with Crippen molar-refractivity contribution in [3.05, 3.63) is 105 Å². The summed E-state index contributed by atoms with van der Waals surface area (Å²) < 4.78 is 23.3. The smallest absolute Gasteiger partial charge is 0.312 e. The molecule has 2 aromatic rings. The molecule has 4 aliphatic rings. The minimum Gasteiger partial charge on any atom is -0.506 e. The molecule has 0 aromatic heterocycles. The zero-order chi connectivity index (χ0) is 50.1. The number of aromatic hydroxyl groups is 1. The Bertz CT molecular complexity index is 2480. The molecule has 4 N–H and O–H groups in total. The van der Waals surface area contributed by atoms with Gasteiger partial charge in [0.15, 0.2) is 0 Å². The molecule has 14 nitrogen and oxygen atoms in total. The van der Waals surface area contributed by atoms with Crippen molar-refractivity contribution in [2.45, 2.75) is 120 Å². The fraction of sp³-hybridized carbons (Fsp3) is 0.519. The highest BCUT2D eigenvalue weighted by Crippen LogP contribution is 2.49. The summed E-state index contributed by atoms with van der Waals surface area (Å²) in [6, 6.07) is 3.70. The number of hydrogen-bond acceptors (Lipinski definition) is 13. The van der Waals surface area contributed by atoms with Crippen LogP contribution in [0.25, 0.3) is 0 Å². The highest BCUT2D eigenvalue weighted by Gasteiger charge is 2.52. The van der Waals surface area contributed by atoms with Gasteiger partial charge in [-0.3, -0.25) is 19.3 Å². The van der Waals surface area contributed by atoms with Crippen molar-refractivity contribution in [2.75, 3.05) is 44.7 Å². The van der Waals surface area contributed by atoms with Crippen molar-refractivity contribution in [3.63, 3.8) is 0 Å². The molecule has 0 saturated carbocycles. The highest BCUT2D eigenvalue weighted by atomic mass is 16.7. The number of phenolic OH excluding ortho intramolecular Hbond substituents is 1. The van der Waals surface area contributed by atoms with E-state index in [-0.39, 0.29) is 75.6 Å². The van der Waals surface area contributed by atoms with Crippen LogP contribution in [0.1, 0.15) is 112 Å². The summed E-state index contributed by atoms with van der Waals surface area (Å²) in [6.45, 7) is 30.1. The number of amides is 1. The molecule has 1 unspecified atom stereocenters. The highest BCUT2D eigenvalue weighted by molar-refractivity contribution is 6.34. The van der Waals surface area contributed by atoms with Crippen LogP contribution in [0.4, 0.5) is 11.4 Å². The number of ketones is 2. The summed E-state index contributed by atoms with van der Waals surface area (Å²) >= 11 is 0. The molecule has 0 spiro atoms. The zero-order valence-electron chi connectivity index (χ0n) is 42.2. The van der Waals surface area contributed by atoms with Gasteiger partial charge in [-0.2, -0.15) is 0 Å². The first kappa shape index (κ1) is 51.8. The Morgan fingerprint density at radius 3 is 2.26 bits per heavy atom. The topological polar surface area (TPSA) is 180 Å². The fourth-order valence-corrected chi connectivity index (χ4v) is 9.45. The minimum absolute atomic E-state index is 0.0192. The molecule has 3 aliphatic heterocycles. The van der Waals surface area contributed by atoms with Crippen LogP contribution in [0, 0.1) is 37.5 Å². The molecule has 0 bridgehead atoms. The number of methoxy groups -OCH3 is 1. The number of benzene rings is 2. The quantitative estimate of drug-likeness (QED) is 0.0645. The maximum absolute atomic E-state index is 15.1. The number of aliphatic hydroxyl groups is 2. The summed E-state index contributed by atoms with van der Waals surface area (Å²) in [5.41, 5.74) is 4.45. The van der Waals surface area contributed by atoms with Crippen molar-refractivity contribution >= 4 is 34.6 Å². The third-order valence-corrected chi connectivity index (χ3v) is 14.0. The van der Waals surface area contributed by atoms with E-state index in [9.17, 15) is 24.9 Å². The first-order chi connectivity index (χ1) is 32.0. The first-order valence-electron chi connectivity index (χ1n) is 23.8. The van der Waals surface area contributed by atoms with Crippen LogP contribution in [-0.2, 0) is 25.4 Å². The number of phenols is 1. The number of nitrogens with one attached hydrogen (secondary N) is 1. The fourth-order valence-electron chi connectivity index (χ4n) is 9.45. The zero-order valence-corrected chi connectivity index (χ0v) is 42.2. The van der Waals surface area contributed by atoms with Crippen molar-refractivity contribution in [1.82, 2.24) is 10.2 Å². The number of aliphatic hydroxyl groups excluding tert-OH is 2. The largest absolute Gasteiger partial charge is 0.506 e. The molecular formula is C54H72N4O10. The summed E-state index contributed by atoms with van der Waals surface area (Å²) in [5.74, 6) is -3.15. The number of hydrogen-bond donors (Lipinski definition) is 4. The lowest BCUT2D eigenvalue weighted by Crippen LogP contribution is -2.47. The number of carbonyl (C=O) groups is 3.